The third kappa shape index (κ3) is 9.34. The number of alkyl halides is 3. The van der Waals surface area contributed by atoms with Crippen molar-refractivity contribution in [3.8, 4) is 11.1 Å². The summed E-state index contributed by atoms with van der Waals surface area (Å²) in [6.07, 6.45) is -2.85. The fraction of sp³-hybridized carbons (Fsp3) is 0.371. The number of rotatable bonds is 14. The minimum atomic E-state index is -4.38. The largest absolute Gasteiger partial charge is 0.416 e. The van der Waals surface area contributed by atoms with Crippen molar-refractivity contribution in [2.45, 2.75) is 59.3 Å². The molecule has 0 bridgehead atoms. The summed E-state index contributed by atoms with van der Waals surface area (Å²) in [5.41, 5.74) is 2.72. The average Bonchev–Trinajstić information content (AvgIpc) is 3.05. The molecule has 4 aromatic rings. The van der Waals surface area contributed by atoms with E-state index < -0.39 is 11.7 Å². The number of hydrogen-bond donors (Lipinski definition) is 0. The first-order valence-electron chi connectivity index (χ1n) is 15.4. The quantitative estimate of drug-likeness (QED) is 0.172. The molecule has 3 aromatic carbocycles. The van der Waals surface area contributed by atoms with Gasteiger partial charge in [0.05, 0.1) is 5.56 Å². The van der Waals surface area contributed by atoms with Crippen LogP contribution in [0.2, 0.25) is 0 Å². The molecule has 0 spiro atoms. The number of nitrogens with zero attached hydrogens (tertiary/aromatic N) is 5. The number of halogens is 3. The Labute approximate surface area is 262 Å². The third-order valence-corrected chi connectivity index (χ3v) is 7.92. The van der Waals surface area contributed by atoms with Gasteiger partial charge in [0.1, 0.15) is 18.1 Å². The van der Waals surface area contributed by atoms with Crippen molar-refractivity contribution in [3.05, 3.63) is 117 Å². The van der Waals surface area contributed by atoms with Crippen molar-refractivity contribution in [1.82, 2.24) is 24.6 Å². The summed E-state index contributed by atoms with van der Waals surface area (Å²) in [6.45, 7) is 9.20. The fourth-order valence-electron chi connectivity index (χ4n) is 5.12. The molecule has 0 aliphatic heterocycles. The monoisotopic (exact) mass is 619 g/mol. The van der Waals surface area contributed by atoms with Crippen molar-refractivity contribution in [1.29, 1.82) is 0 Å². The molecule has 1 aromatic heterocycles. The summed E-state index contributed by atoms with van der Waals surface area (Å²) in [5.74, 6) is 0.328. The number of aromatic nitrogens is 3. The molecule has 45 heavy (non-hydrogen) atoms. The van der Waals surface area contributed by atoms with Crippen LogP contribution in [0.4, 0.5) is 13.2 Å². The first-order valence-corrected chi connectivity index (χ1v) is 15.4. The molecule has 7 nitrogen and oxygen atoms in total. The van der Waals surface area contributed by atoms with Crippen LogP contribution in [0.25, 0.3) is 11.1 Å². The summed E-state index contributed by atoms with van der Waals surface area (Å²) >= 11 is 0. The Morgan fingerprint density at radius 1 is 0.800 bits per heavy atom. The van der Waals surface area contributed by atoms with E-state index in [4.69, 9.17) is 0 Å². The minimum absolute atomic E-state index is 0.0493. The molecule has 0 saturated carbocycles. The molecule has 4 rings (SSSR count). The predicted octanol–water partition coefficient (Wildman–Crippen LogP) is 6.04. The number of aryl methyl sites for hydroxylation is 3. The van der Waals surface area contributed by atoms with Crippen molar-refractivity contribution < 1.29 is 18.0 Å². The van der Waals surface area contributed by atoms with Gasteiger partial charge in [-0.25, -0.2) is 4.68 Å². The van der Waals surface area contributed by atoms with E-state index in [9.17, 15) is 22.8 Å². The molecule has 0 aliphatic carbocycles. The van der Waals surface area contributed by atoms with Crippen LogP contribution in [-0.4, -0.2) is 56.7 Å². The number of carbonyl (C=O) groups excluding carboxylic acids is 1. The maximum Gasteiger partial charge on any atom is 0.416 e. The second-order valence-electron chi connectivity index (χ2n) is 10.9. The smallest absolute Gasteiger partial charge is 0.335 e. The lowest BCUT2D eigenvalue weighted by Gasteiger charge is -2.27. The van der Waals surface area contributed by atoms with Crippen LogP contribution in [0.3, 0.4) is 0 Å². The van der Waals surface area contributed by atoms with Crippen molar-refractivity contribution >= 4 is 5.91 Å². The highest BCUT2D eigenvalue weighted by Gasteiger charge is 2.30. The summed E-state index contributed by atoms with van der Waals surface area (Å²) in [4.78, 5) is 34.8. The van der Waals surface area contributed by atoms with Crippen LogP contribution < -0.4 is 5.56 Å². The fourth-order valence-corrected chi connectivity index (χ4v) is 5.12. The highest BCUT2D eigenvalue weighted by atomic mass is 19.4. The van der Waals surface area contributed by atoms with Gasteiger partial charge in [-0.2, -0.15) is 23.3 Å². The highest BCUT2D eigenvalue weighted by molar-refractivity contribution is 5.76. The Bertz CT molecular complexity index is 1580. The van der Waals surface area contributed by atoms with Gasteiger partial charge < -0.3 is 9.80 Å². The number of hydrogen-bond acceptors (Lipinski definition) is 5. The molecule has 0 N–H and O–H groups in total. The summed E-state index contributed by atoms with van der Waals surface area (Å²) in [6, 6.07) is 22.5. The van der Waals surface area contributed by atoms with Crippen LogP contribution in [-0.2, 0) is 43.3 Å². The standard InChI is InChI=1S/C35H40F3N5O2/c1-4-31-34(45)39-32(21-14-26-10-8-7-9-11-26)43(40-31)25-33(44)42(23-22-41(5-2)6-3)24-27-12-15-28(16-13-27)29-17-19-30(20-18-29)35(36,37)38/h7-13,15-20H,4-6,14,21-25H2,1-3H3. The van der Waals surface area contributed by atoms with E-state index >= 15 is 0 Å². The van der Waals surface area contributed by atoms with E-state index in [-0.39, 0.29) is 18.0 Å². The van der Waals surface area contributed by atoms with Gasteiger partial charge in [-0.05, 0) is 60.3 Å². The zero-order valence-electron chi connectivity index (χ0n) is 26.1. The SMILES string of the molecule is CCc1nn(CC(=O)N(CCN(CC)CC)Cc2ccc(-c3ccc(C(F)(F)F)cc3)cc2)c(CCc2ccccc2)nc1=O. The molecule has 0 aliphatic rings. The predicted molar refractivity (Wildman–Crippen MR) is 170 cm³/mol. The zero-order chi connectivity index (χ0) is 32.4. The van der Waals surface area contributed by atoms with Gasteiger partial charge in [-0.1, -0.05) is 87.5 Å². The second-order valence-corrected chi connectivity index (χ2v) is 10.9. The second kappa shape index (κ2) is 15.6. The molecule has 238 valence electrons. The van der Waals surface area contributed by atoms with Crippen LogP contribution >= 0.6 is 0 Å². The van der Waals surface area contributed by atoms with Gasteiger partial charge >= 0.3 is 6.18 Å². The number of carbonyl (C=O) groups is 1. The van der Waals surface area contributed by atoms with Gasteiger partial charge in [-0.15, -0.1) is 0 Å². The molecule has 1 heterocycles. The van der Waals surface area contributed by atoms with E-state index in [0.29, 0.717) is 56.0 Å². The maximum absolute atomic E-state index is 13.9. The van der Waals surface area contributed by atoms with Gasteiger partial charge in [0, 0.05) is 26.1 Å². The molecule has 10 heteroatoms. The van der Waals surface area contributed by atoms with E-state index in [0.717, 1.165) is 41.9 Å². The van der Waals surface area contributed by atoms with Crippen LogP contribution in [0.5, 0.6) is 0 Å². The lowest BCUT2D eigenvalue weighted by atomic mass is 10.0. The molecule has 0 radical (unpaired) electrons. The Balaban J connectivity index is 1.54. The Kier molecular flexibility index (Phi) is 11.6. The zero-order valence-corrected chi connectivity index (χ0v) is 26.1. The average molecular weight is 620 g/mol. The molecular weight excluding hydrogens is 579 g/mol. The van der Waals surface area contributed by atoms with Gasteiger partial charge in [0.15, 0.2) is 0 Å². The molecule has 1 amide bonds. The maximum atomic E-state index is 13.9. The lowest BCUT2D eigenvalue weighted by Crippen LogP contribution is -2.41. The molecular formula is C35H40F3N5O2. The molecule has 0 fully saturated rings. The van der Waals surface area contributed by atoms with E-state index in [1.165, 1.54) is 12.1 Å². The first-order chi connectivity index (χ1) is 21.6. The summed E-state index contributed by atoms with van der Waals surface area (Å²) < 4.78 is 40.5. The summed E-state index contributed by atoms with van der Waals surface area (Å²) in [7, 11) is 0. The number of likely N-dealkylation sites (N-methyl/N-ethyl adjacent to an activating group) is 1. The molecule has 0 atom stereocenters. The van der Waals surface area contributed by atoms with Gasteiger partial charge in [0.2, 0.25) is 5.91 Å². The Morgan fingerprint density at radius 2 is 1.42 bits per heavy atom. The van der Waals surface area contributed by atoms with Crippen molar-refractivity contribution in [2.24, 2.45) is 0 Å². The Hall–Kier alpha value is -4.31. The first kappa shape index (κ1) is 33.6. The molecule has 0 unspecified atom stereocenters. The number of amides is 1. The Morgan fingerprint density at radius 3 is 2.00 bits per heavy atom. The van der Waals surface area contributed by atoms with Crippen molar-refractivity contribution in [2.75, 3.05) is 26.2 Å². The van der Waals surface area contributed by atoms with Gasteiger partial charge in [0.25, 0.3) is 5.56 Å². The lowest BCUT2D eigenvalue weighted by molar-refractivity contribution is -0.137. The van der Waals surface area contributed by atoms with E-state index in [2.05, 4.69) is 28.8 Å². The van der Waals surface area contributed by atoms with E-state index in [1.807, 2.05) is 61.5 Å². The van der Waals surface area contributed by atoms with Crippen molar-refractivity contribution in [3.63, 3.8) is 0 Å². The van der Waals surface area contributed by atoms with Crippen LogP contribution in [0, 0.1) is 0 Å². The van der Waals surface area contributed by atoms with Gasteiger partial charge in [-0.3, -0.25) is 9.59 Å². The topological polar surface area (TPSA) is 71.3 Å². The minimum Gasteiger partial charge on any atom is -0.335 e. The summed E-state index contributed by atoms with van der Waals surface area (Å²) in [5, 5.41) is 4.54. The normalized spacial score (nSPS) is 11.6. The highest BCUT2D eigenvalue weighted by Crippen LogP contribution is 2.31. The molecule has 0 saturated heterocycles. The van der Waals surface area contributed by atoms with Crippen LogP contribution in [0.15, 0.2) is 83.7 Å². The van der Waals surface area contributed by atoms with E-state index in [1.54, 1.807) is 9.58 Å². The number of benzene rings is 3. The third-order valence-electron chi connectivity index (χ3n) is 7.92. The van der Waals surface area contributed by atoms with Crippen LogP contribution in [0.1, 0.15) is 49.0 Å².